The topological polar surface area (TPSA) is 44.8 Å². The number of quaternary nitrogens is 1. The second-order valence-corrected chi connectivity index (χ2v) is 10.4. The monoisotopic (exact) mass is 426 g/mol. The van der Waals surface area contributed by atoms with Crippen molar-refractivity contribution in [1.29, 1.82) is 0 Å². The minimum Gasteiger partial charge on any atom is -0.492 e. The van der Waals surface area contributed by atoms with E-state index in [-0.39, 0.29) is 24.0 Å². The van der Waals surface area contributed by atoms with Gasteiger partial charge >= 0.3 is 0 Å². The number of likely N-dealkylation sites (N-methyl/N-ethyl adjacent to an activating group) is 1. The maximum absolute atomic E-state index is 13.2. The van der Waals surface area contributed by atoms with Crippen LogP contribution in [0.5, 0.6) is 17.2 Å². The van der Waals surface area contributed by atoms with E-state index >= 15 is 0 Å². The van der Waals surface area contributed by atoms with Gasteiger partial charge in [0.2, 0.25) is 12.5 Å². The van der Waals surface area contributed by atoms with Gasteiger partial charge in [0.15, 0.2) is 17.3 Å². The molecule has 3 aliphatic rings. The molecular formula is C26H36NO4+. The Labute approximate surface area is 186 Å². The molecule has 0 amide bonds. The third-order valence-electron chi connectivity index (χ3n) is 7.46. The van der Waals surface area contributed by atoms with E-state index in [4.69, 9.17) is 14.2 Å². The predicted octanol–water partition coefficient (Wildman–Crippen LogP) is 5.14. The first-order valence-electron chi connectivity index (χ1n) is 11.4. The number of methoxy groups -OCH3 is 1. The van der Waals surface area contributed by atoms with Crippen LogP contribution in [0.15, 0.2) is 29.4 Å². The summed E-state index contributed by atoms with van der Waals surface area (Å²) in [6.07, 6.45) is 8.78. The van der Waals surface area contributed by atoms with E-state index in [0.29, 0.717) is 12.2 Å². The summed E-state index contributed by atoms with van der Waals surface area (Å²) in [4.78, 5) is 13.2. The van der Waals surface area contributed by atoms with Crippen LogP contribution in [0.2, 0.25) is 0 Å². The zero-order chi connectivity index (χ0) is 22.4. The van der Waals surface area contributed by atoms with E-state index in [1.807, 2.05) is 0 Å². The van der Waals surface area contributed by atoms with E-state index in [1.54, 1.807) is 13.2 Å². The summed E-state index contributed by atoms with van der Waals surface area (Å²) in [7, 11) is 6.07. The SMILES string of the molecule is COc1c2c(cc3c1[C@H](CC(=O)/C=C/C1=C(C)CCCC1(C)C)[N+](C)(C)CC3)OCO2. The van der Waals surface area contributed by atoms with Crippen molar-refractivity contribution < 1.29 is 23.5 Å². The number of ether oxygens (including phenoxy) is 3. The van der Waals surface area contributed by atoms with Crippen molar-refractivity contribution in [3.63, 3.8) is 0 Å². The van der Waals surface area contributed by atoms with Gasteiger partial charge in [0.25, 0.3) is 0 Å². The molecule has 0 saturated heterocycles. The largest absolute Gasteiger partial charge is 0.492 e. The number of benzene rings is 1. The molecule has 0 saturated carbocycles. The molecule has 0 radical (unpaired) electrons. The van der Waals surface area contributed by atoms with Gasteiger partial charge in [0.1, 0.15) is 6.04 Å². The molecule has 5 nitrogen and oxygen atoms in total. The first kappa shape index (κ1) is 21.9. The number of ketones is 1. The Morgan fingerprint density at radius 3 is 2.77 bits per heavy atom. The number of carbonyl (C=O) groups is 1. The van der Waals surface area contributed by atoms with Crippen LogP contribution in [-0.2, 0) is 11.2 Å². The molecule has 0 bridgehead atoms. The van der Waals surface area contributed by atoms with E-state index in [1.165, 1.54) is 29.6 Å². The summed E-state index contributed by atoms with van der Waals surface area (Å²) < 4.78 is 17.9. The van der Waals surface area contributed by atoms with E-state index in [0.717, 1.165) is 40.9 Å². The second-order valence-electron chi connectivity index (χ2n) is 10.4. The van der Waals surface area contributed by atoms with Crippen LogP contribution in [0, 0.1) is 5.41 Å². The lowest BCUT2D eigenvalue weighted by atomic mass is 9.72. The van der Waals surface area contributed by atoms with Gasteiger partial charge in [-0.1, -0.05) is 25.5 Å². The smallest absolute Gasteiger partial charge is 0.231 e. The van der Waals surface area contributed by atoms with Crippen molar-refractivity contribution in [1.82, 2.24) is 0 Å². The summed E-state index contributed by atoms with van der Waals surface area (Å²) in [6, 6.07) is 2.09. The Morgan fingerprint density at radius 1 is 1.29 bits per heavy atom. The third-order valence-corrected chi connectivity index (χ3v) is 7.46. The highest BCUT2D eigenvalue weighted by Crippen LogP contribution is 2.51. The van der Waals surface area contributed by atoms with Gasteiger partial charge in [-0.25, -0.2) is 0 Å². The lowest BCUT2D eigenvalue weighted by Crippen LogP contribution is -2.48. The number of carbonyl (C=O) groups excluding carboxylic acids is 1. The molecule has 0 N–H and O–H groups in total. The molecule has 1 atom stereocenters. The van der Waals surface area contributed by atoms with Crippen molar-refractivity contribution >= 4 is 5.78 Å². The average molecular weight is 427 g/mol. The highest BCUT2D eigenvalue weighted by atomic mass is 16.7. The van der Waals surface area contributed by atoms with E-state index in [9.17, 15) is 4.79 Å². The fourth-order valence-corrected chi connectivity index (χ4v) is 5.56. The normalized spacial score (nSPS) is 23.7. The number of hydrogen-bond donors (Lipinski definition) is 0. The molecule has 1 aliphatic carbocycles. The minimum atomic E-state index is 0.0137. The van der Waals surface area contributed by atoms with Gasteiger partial charge in [-0.3, -0.25) is 4.79 Å². The van der Waals surface area contributed by atoms with E-state index < -0.39 is 0 Å². The van der Waals surface area contributed by atoms with Gasteiger partial charge in [0, 0.05) is 6.42 Å². The molecule has 31 heavy (non-hydrogen) atoms. The second kappa shape index (κ2) is 8.01. The predicted molar refractivity (Wildman–Crippen MR) is 122 cm³/mol. The Balaban J connectivity index is 1.65. The number of fused-ring (bicyclic) bond motifs is 2. The Morgan fingerprint density at radius 2 is 2.06 bits per heavy atom. The van der Waals surface area contributed by atoms with Crippen molar-refractivity contribution in [3.05, 3.63) is 40.5 Å². The molecule has 4 rings (SSSR count). The van der Waals surface area contributed by atoms with Crippen LogP contribution in [-0.4, -0.2) is 44.8 Å². The molecule has 0 fully saturated rings. The summed E-state index contributed by atoms with van der Waals surface area (Å²) in [5.41, 5.74) is 5.16. The fourth-order valence-electron chi connectivity index (χ4n) is 5.56. The van der Waals surface area contributed by atoms with Gasteiger partial charge < -0.3 is 18.7 Å². The first-order valence-corrected chi connectivity index (χ1v) is 11.4. The molecule has 1 aromatic carbocycles. The van der Waals surface area contributed by atoms with Crippen LogP contribution in [0.1, 0.15) is 63.6 Å². The van der Waals surface area contributed by atoms with Crippen LogP contribution in [0.25, 0.3) is 0 Å². The highest BCUT2D eigenvalue weighted by Gasteiger charge is 2.42. The zero-order valence-electron chi connectivity index (χ0n) is 19.8. The van der Waals surface area contributed by atoms with Gasteiger partial charge in [-0.2, -0.15) is 0 Å². The van der Waals surface area contributed by atoms with E-state index in [2.05, 4.69) is 47.0 Å². The molecular weight excluding hydrogens is 390 g/mol. The van der Waals surface area contributed by atoms with Gasteiger partial charge in [-0.05, 0) is 54.9 Å². The van der Waals surface area contributed by atoms with Crippen LogP contribution in [0.4, 0.5) is 0 Å². The lowest BCUT2D eigenvalue weighted by molar-refractivity contribution is -0.922. The van der Waals surface area contributed by atoms with Crippen molar-refractivity contribution in [2.75, 3.05) is 34.5 Å². The standard InChI is InChI=1S/C26H36NO4/c1-17-8-7-12-26(2,3)20(17)10-9-19(28)15-21-23-18(11-13-27(21,4)5)14-22-24(25(23)29-6)31-16-30-22/h9-10,14,21H,7-8,11-13,15-16H2,1-6H3/q+1/b10-9+/t21-/m0/s1. The molecule has 1 aromatic rings. The zero-order valence-corrected chi connectivity index (χ0v) is 19.8. The van der Waals surface area contributed by atoms with Crippen LogP contribution < -0.4 is 14.2 Å². The number of allylic oxidation sites excluding steroid dienone is 4. The fraction of sp³-hybridized carbons (Fsp3) is 0.577. The summed E-state index contributed by atoms with van der Waals surface area (Å²) >= 11 is 0. The van der Waals surface area contributed by atoms with Gasteiger partial charge in [0.05, 0.1) is 39.7 Å². The maximum atomic E-state index is 13.2. The maximum Gasteiger partial charge on any atom is 0.231 e. The minimum absolute atomic E-state index is 0.0137. The molecule has 0 unspecified atom stereocenters. The first-order chi connectivity index (χ1) is 14.6. The quantitative estimate of drug-likeness (QED) is 0.483. The van der Waals surface area contributed by atoms with Crippen molar-refractivity contribution in [2.24, 2.45) is 5.41 Å². The van der Waals surface area contributed by atoms with Gasteiger partial charge in [-0.15, -0.1) is 0 Å². The average Bonchev–Trinajstić information content (AvgIpc) is 3.16. The molecule has 2 aliphatic heterocycles. The molecule has 0 aromatic heterocycles. The van der Waals surface area contributed by atoms with Crippen molar-refractivity contribution in [2.45, 2.75) is 58.9 Å². The summed E-state index contributed by atoms with van der Waals surface area (Å²) in [5.74, 6) is 2.30. The highest BCUT2D eigenvalue weighted by molar-refractivity contribution is 5.90. The lowest BCUT2D eigenvalue weighted by Gasteiger charge is -2.43. The van der Waals surface area contributed by atoms with Crippen LogP contribution >= 0.6 is 0 Å². The Hall–Kier alpha value is -2.27. The van der Waals surface area contributed by atoms with Crippen LogP contribution in [0.3, 0.4) is 0 Å². The summed E-state index contributed by atoms with van der Waals surface area (Å²) in [5, 5.41) is 0. The molecule has 0 spiro atoms. The molecule has 5 heteroatoms. The number of hydrogen-bond acceptors (Lipinski definition) is 4. The Kier molecular flexibility index (Phi) is 5.67. The third kappa shape index (κ3) is 4.00. The number of nitrogens with zero attached hydrogens (tertiary/aromatic N) is 1. The molecule has 2 heterocycles. The Bertz CT molecular complexity index is 955. The summed E-state index contributed by atoms with van der Waals surface area (Å²) in [6.45, 7) is 7.95. The van der Waals surface area contributed by atoms with Crippen molar-refractivity contribution in [3.8, 4) is 17.2 Å². The number of rotatable bonds is 5. The molecule has 168 valence electrons.